The van der Waals surface area contributed by atoms with Crippen molar-refractivity contribution in [3.63, 3.8) is 0 Å². The molecule has 0 aromatic carbocycles. The van der Waals surface area contributed by atoms with Crippen LogP contribution in [-0.4, -0.2) is 32.4 Å². The van der Waals surface area contributed by atoms with Crippen LogP contribution in [0.3, 0.4) is 0 Å². The molecular formula is C8H8BrNO4. The number of hydrogen-bond donors (Lipinski definition) is 3. The molecule has 1 rings (SSSR count). The number of pyridine rings is 1. The lowest BCUT2D eigenvalue weighted by Gasteiger charge is -2.14. The predicted octanol–water partition coefficient (Wildman–Crippen LogP) is 0.323. The van der Waals surface area contributed by atoms with E-state index in [4.69, 9.17) is 10.2 Å². The first-order valence-corrected chi connectivity index (χ1v) is 4.52. The maximum absolute atomic E-state index is 10.4. The fraction of sp³-hybridized carbons (Fsp3) is 0.250. The molecule has 1 heterocycles. The molecule has 14 heavy (non-hydrogen) atoms. The zero-order chi connectivity index (χ0) is 10.7. The number of aromatic nitrogens is 1. The maximum Gasteiger partial charge on any atom is 0.335 e. The Balaban J connectivity index is 2.94. The fourth-order valence-corrected chi connectivity index (χ4v) is 1.41. The van der Waals surface area contributed by atoms with E-state index in [1.807, 2.05) is 0 Å². The van der Waals surface area contributed by atoms with Gasteiger partial charge in [0, 0.05) is 11.8 Å². The van der Waals surface area contributed by atoms with Crippen molar-refractivity contribution in [2.45, 2.75) is 12.2 Å². The zero-order valence-electron chi connectivity index (χ0n) is 6.96. The Morgan fingerprint density at radius 2 is 2.14 bits per heavy atom. The second-order valence-corrected chi connectivity index (χ2v) is 3.36. The Bertz CT molecular complexity index is 344. The van der Waals surface area contributed by atoms with E-state index in [1.54, 1.807) is 0 Å². The van der Waals surface area contributed by atoms with Crippen molar-refractivity contribution in [3.8, 4) is 0 Å². The number of carboxylic acid groups (broad SMARTS) is 1. The van der Waals surface area contributed by atoms with Gasteiger partial charge in [0.15, 0.2) is 6.10 Å². The standard InChI is InChI=1S/C8H8BrNO4/c9-7-4(2-1-3-10-7)5(11)6(12)8(13)14/h1-3,5-6,11-12H,(H,13,14). The molecule has 6 heteroatoms. The SMILES string of the molecule is O=C(O)C(O)C(O)c1cccnc1Br. The number of aliphatic hydroxyl groups is 2. The van der Waals surface area contributed by atoms with Crippen molar-refractivity contribution < 1.29 is 20.1 Å². The highest BCUT2D eigenvalue weighted by atomic mass is 79.9. The highest BCUT2D eigenvalue weighted by Crippen LogP contribution is 2.23. The number of carbonyl (C=O) groups is 1. The summed E-state index contributed by atoms with van der Waals surface area (Å²) in [5, 5.41) is 27.0. The lowest BCUT2D eigenvalue weighted by molar-refractivity contribution is -0.153. The van der Waals surface area contributed by atoms with Gasteiger partial charge in [-0.3, -0.25) is 0 Å². The minimum Gasteiger partial charge on any atom is -0.479 e. The Labute approximate surface area is 88.2 Å². The normalized spacial score (nSPS) is 14.8. The molecule has 2 unspecified atom stereocenters. The summed E-state index contributed by atoms with van der Waals surface area (Å²) >= 11 is 3.04. The van der Waals surface area contributed by atoms with Crippen LogP contribution in [0.2, 0.25) is 0 Å². The minimum absolute atomic E-state index is 0.238. The molecule has 0 bridgehead atoms. The van der Waals surface area contributed by atoms with E-state index in [9.17, 15) is 9.90 Å². The van der Waals surface area contributed by atoms with E-state index in [2.05, 4.69) is 20.9 Å². The van der Waals surface area contributed by atoms with Gasteiger partial charge >= 0.3 is 5.97 Å². The van der Waals surface area contributed by atoms with Gasteiger partial charge in [0.05, 0.1) is 0 Å². The predicted molar refractivity (Wildman–Crippen MR) is 50.5 cm³/mol. The summed E-state index contributed by atoms with van der Waals surface area (Å²) in [6.45, 7) is 0. The molecule has 1 aromatic rings. The van der Waals surface area contributed by atoms with E-state index < -0.39 is 18.2 Å². The van der Waals surface area contributed by atoms with Gasteiger partial charge in [-0.1, -0.05) is 6.07 Å². The molecule has 0 aliphatic carbocycles. The van der Waals surface area contributed by atoms with E-state index in [0.29, 0.717) is 4.60 Å². The van der Waals surface area contributed by atoms with Crippen molar-refractivity contribution in [2.75, 3.05) is 0 Å². The summed E-state index contributed by atoms with van der Waals surface area (Å²) in [5.41, 5.74) is 0.238. The molecular weight excluding hydrogens is 254 g/mol. The van der Waals surface area contributed by atoms with Crippen molar-refractivity contribution in [1.29, 1.82) is 0 Å². The summed E-state index contributed by atoms with van der Waals surface area (Å²) in [5.74, 6) is -1.48. The Hall–Kier alpha value is -0.980. The summed E-state index contributed by atoms with van der Waals surface area (Å²) in [6.07, 6.45) is -1.86. The average Bonchev–Trinajstić information content (AvgIpc) is 2.16. The highest BCUT2D eigenvalue weighted by molar-refractivity contribution is 9.10. The second-order valence-electron chi connectivity index (χ2n) is 2.61. The number of halogens is 1. The molecule has 3 N–H and O–H groups in total. The molecule has 0 radical (unpaired) electrons. The van der Waals surface area contributed by atoms with Gasteiger partial charge in [0.25, 0.3) is 0 Å². The van der Waals surface area contributed by atoms with Gasteiger partial charge < -0.3 is 15.3 Å². The average molecular weight is 262 g/mol. The molecule has 5 nitrogen and oxygen atoms in total. The lowest BCUT2D eigenvalue weighted by atomic mass is 10.1. The Morgan fingerprint density at radius 3 is 2.64 bits per heavy atom. The third kappa shape index (κ3) is 2.28. The van der Waals surface area contributed by atoms with Crippen LogP contribution in [0.4, 0.5) is 0 Å². The van der Waals surface area contributed by atoms with Crippen LogP contribution in [0.25, 0.3) is 0 Å². The van der Waals surface area contributed by atoms with Gasteiger partial charge in [0.2, 0.25) is 0 Å². The molecule has 2 atom stereocenters. The van der Waals surface area contributed by atoms with Crippen molar-refractivity contribution >= 4 is 21.9 Å². The van der Waals surface area contributed by atoms with E-state index in [-0.39, 0.29) is 5.56 Å². The van der Waals surface area contributed by atoms with Crippen molar-refractivity contribution in [1.82, 2.24) is 4.98 Å². The van der Waals surface area contributed by atoms with Crippen LogP contribution in [-0.2, 0) is 4.79 Å². The summed E-state index contributed by atoms with van der Waals surface area (Å²) in [7, 11) is 0. The van der Waals surface area contributed by atoms with Crippen molar-refractivity contribution in [3.05, 3.63) is 28.5 Å². The molecule has 0 fully saturated rings. The number of rotatable bonds is 3. The van der Waals surface area contributed by atoms with Gasteiger partial charge in [-0.25, -0.2) is 9.78 Å². The van der Waals surface area contributed by atoms with Gasteiger partial charge in [-0.15, -0.1) is 0 Å². The Morgan fingerprint density at radius 1 is 1.50 bits per heavy atom. The highest BCUT2D eigenvalue weighted by Gasteiger charge is 2.26. The van der Waals surface area contributed by atoms with Gasteiger partial charge in [-0.2, -0.15) is 0 Å². The van der Waals surface area contributed by atoms with Gasteiger partial charge in [-0.05, 0) is 22.0 Å². The quantitative estimate of drug-likeness (QED) is 0.682. The maximum atomic E-state index is 10.4. The van der Waals surface area contributed by atoms with Crippen LogP contribution < -0.4 is 0 Å². The molecule has 0 spiro atoms. The second kappa shape index (κ2) is 4.50. The largest absolute Gasteiger partial charge is 0.479 e. The fourth-order valence-electron chi connectivity index (χ4n) is 0.924. The smallest absolute Gasteiger partial charge is 0.335 e. The first-order chi connectivity index (χ1) is 6.54. The molecule has 0 saturated carbocycles. The number of carboxylic acids is 1. The van der Waals surface area contributed by atoms with Gasteiger partial charge in [0.1, 0.15) is 10.7 Å². The van der Waals surface area contributed by atoms with Crippen molar-refractivity contribution in [2.24, 2.45) is 0 Å². The van der Waals surface area contributed by atoms with Crippen LogP contribution in [0.5, 0.6) is 0 Å². The molecule has 0 saturated heterocycles. The molecule has 0 aliphatic rings. The third-order valence-corrected chi connectivity index (χ3v) is 2.32. The van der Waals surface area contributed by atoms with E-state index in [1.165, 1.54) is 18.3 Å². The summed E-state index contributed by atoms with van der Waals surface area (Å²) < 4.78 is 0.313. The van der Waals surface area contributed by atoms with Crippen LogP contribution in [0, 0.1) is 0 Å². The number of aliphatic carboxylic acids is 1. The zero-order valence-corrected chi connectivity index (χ0v) is 8.55. The first kappa shape index (κ1) is 11.1. The molecule has 0 amide bonds. The number of nitrogens with zero attached hydrogens (tertiary/aromatic N) is 1. The topological polar surface area (TPSA) is 90.7 Å². The first-order valence-electron chi connectivity index (χ1n) is 3.73. The lowest BCUT2D eigenvalue weighted by Crippen LogP contribution is -2.27. The van der Waals surface area contributed by atoms with E-state index >= 15 is 0 Å². The minimum atomic E-state index is -1.85. The number of hydrogen-bond acceptors (Lipinski definition) is 4. The molecule has 76 valence electrons. The van der Waals surface area contributed by atoms with Crippen LogP contribution in [0.15, 0.2) is 22.9 Å². The number of aliphatic hydroxyl groups excluding tert-OH is 2. The summed E-state index contributed by atoms with van der Waals surface area (Å²) in [6, 6.07) is 3.02. The van der Waals surface area contributed by atoms with Crippen LogP contribution in [0.1, 0.15) is 11.7 Å². The van der Waals surface area contributed by atoms with Crippen LogP contribution >= 0.6 is 15.9 Å². The summed E-state index contributed by atoms with van der Waals surface area (Å²) in [4.78, 5) is 14.2. The Kier molecular flexibility index (Phi) is 3.56. The molecule has 1 aromatic heterocycles. The third-order valence-electron chi connectivity index (χ3n) is 1.66. The molecule has 0 aliphatic heterocycles. The van der Waals surface area contributed by atoms with E-state index in [0.717, 1.165) is 0 Å². The monoisotopic (exact) mass is 261 g/mol.